The molecule has 0 fully saturated rings. The van der Waals surface area contributed by atoms with E-state index in [2.05, 4.69) is 19.2 Å². The molecule has 0 saturated carbocycles. The van der Waals surface area contributed by atoms with Gasteiger partial charge in [-0.25, -0.2) is 0 Å². The second kappa shape index (κ2) is 8.38. The summed E-state index contributed by atoms with van der Waals surface area (Å²) in [5.74, 6) is 1.55. The fourth-order valence-electron chi connectivity index (χ4n) is 2.68. The number of nitrogens with one attached hydrogen (secondary N) is 1. The summed E-state index contributed by atoms with van der Waals surface area (Å²) >= 11 is 0. The van der Waals surface area contributed by atoms with Crippen molar-refractivity contribution in [3.05, 3.63) is 59.7 Å². The topological polar surface area (TPSA) is 47.6 Å². The van der Waals surface area contributed by atoms with E-state index in [-0.39, 0.29) is 5.91 Å². The predicted molar refractivity (Wildman–Crippen MR) is 102 cm³/mol. The molecule has 0 spiro atoms. The molecule has 0 unspecified atom stereocenters. The number of rotatable bonds is 6. The van der Waals surface area contributed by atoms with E-state index in [1.54, 1.807) is 26.4 Å². The predicted octanol–water partition coefficient (Wildman–Crippen LogP) is 4.87. The van der Waals surface area contributed by atoms with Gasteiger partial charge in [0.25, 0.3) is 0 Å². The van der Waals surface area contributed by atoms with Gasteiger partial charge in [0.2, 0.25) is 5.91 Å². The van der Waals surface area contributed by atoms with Gasteiger partial charge in [-0.3, -0.25) is 4.79 Å². The third kappa shape index (κ3) is 4.63. The molecule has 0 aliphatic rings. The highest BCUT2D eigenvalue weighted by Crippen LogP contribution is 2.30. The summed E-state index contributed by atoms with van der Waals surface area (Å²) in [7, 11) is 3.21. The summed E-state index contributed by atoms with van der Waals surface area (Å²) in [4.78, 5) is 12.4. The molecule has 2 rings (SSSR count). The summed E-state index contributed by atoms with van der Waals surface area (Å²) in [6.07, 6.45) is 1.58. The Morgan fingerprint density at radius 3 is 2.44 bits per heavy atom. The van der Waals surface area contributed by atoms with Crippen LogP contribution in [-0.2, 0) is 4.79 Å². The number of carbonyl (C=O) groups excluding carboxylic acids is 1. The van der Waals surface area contributed by atoms with E-state index in [9.17, 15) is 4.79 Å². The van der Waals surface area contributed by atoms with Crippen molar-refractivity contribution in [3.8, 4) is 11.5 Å². The fraction of sp³-hybridized carbons (Fsp3) is 0.286. The van der Waals surface area contributed by atoms with E-state index in [0.29, 0.717) is 17.4 Å². The lowest BCUT2D eigenvalue weighted by Gasteiger charge is -2.13. The van der Waals surface area contributed by atoms with E-state index in [0.717, 1.165) is 22.4 Å². The van der Waals surface area contributed by atoms with Crippen LogP contribution in [0.1, 0.15) is 37.8 Å². The Morgan fingerprint density at radius 1 is 1.08 bits per heavy atom. The van der Waals surface area contributed by atoms with Gasteiger partial charge >= 0.3 is 0 Å². The zero-order valence-corrected chi connectivity index (χ0v) is 15.4. The molecule has 0 aliphatic heterocycles. The number of ether oxygens (including phenoxy) is 2. The smallest absolute Gasteiger partial charge is 0.248 e. The minimum absolute atomic E-state index is 0.163. The van der Waals surface area contributed by atoms with Crippen LogP contribution >= 0.6 is 0 Å². The van der Waals surface area contributed by atoms with Crippen LogP contribution in [0.4, 0.5) is 5.69 Å². The molecule has 0 saturated heterocycles. The van der Waals surface area contributed by atoms with Gasteiger partial charge in [-0.2, -0.15) is 0 Å². The minimum atomic E-state index is -0.163. The van der Waals surface area contributed by atoms with Gasteiger partial charge in [0.05, 0.1) is 14.2 Å². The highest BCUT2D eigenvalue weighted by atomic mass is 16.5. The molecule has 1 amide bonds. The lowest BCUT2D eigenvalue weighted by atomic mass is 10.0. The van der Waals surface area contributed by atoms with Crippen LogP contribution in [0.3, 0.4) is 0 Å². The second-order valence-electron chi connectivity index (χ2n) is 6.12. The second-order valence-corrected chi connectivity index (χ2v) is 6.12. The van der Waals surface area contributed by atoms with Crippen LogP contribution in [0.15, 0.2) is 48.5 Å². The first-order valence-electron chi connectivity index (χ1n) is 8.26. The molecule has 0 aromatic heterocycles. The Morgan fingerprint density at radius 2 is 1.80 bits per heavy atom. The first-order valence-corrected chi connectivity index (χ1v) is 8.26. The first kappa shape index (κ1) is 18.6. The molecule has 0 bridgehead atoms. The Bertz CT molecular complexity index is 778. The van der Waals surface area contributed by atoms with Crippen molar-refractivity contribution in [3.63, 3.8) is 0 Å². The van der Waals surface area contributed by atoms with Crippen LogP contribution in [0, 0.1) is 0 Å². The van der Waals surface area contributed by atoms with Crippen molar-refractivity contribution in [2.24, 2.45) is 0 Å². The van der Waals surface area contributed by atoms with Crippen molar-refractivity contribution in [1.29, 1.82) is 0 Å². The van der Waals surface area contributed by atoms with Gasteiger partial charge in [0.1, 0.15) is 11.5 Å². The average Bonchev–Trinajstić information content (AvgIpc) is 2.61. The maximum Gasteiger partial charge on any atom is 0.248 e. The van der Waals surface area contributed by atoms with Crippen molar-refractivity contribution < 1.29 is 14.3 Å². The number of para-hydroxylation sites is 1. The van der Waals surface area contributed by atoms with Gasteiger partial charge in [0, 0.05) is 23.4 Å². The Labute approximate surface area is 149 Å². The molecule has 4 heteroatoms. The number of benzene rings is 2. The molecule has 0 heterocycles. The molecule has 2 aromatic carbocycles. The van der Waals surface area contributed by atoms with Crippen LogP contribution in [0.5, 0.6) is 11.5 Å². The molecule has 1 N–H and O–H groups in total. The number of methoxy groups -OCH3 is 2. The van der Waals surface area contributed by atoms with Crippen molar-refractivity contribution in [2.45, 2.75) is 26.7 Å². The van der Waals surface area contributed by atoms with E-state index in [4.69, 9.17) is 9.47 Å². The zero-order chi connectivity index (χ0) is 18.4. The number of hydrogen-bond donors (Lipinski definition) is 1. The Hall–Kier alpha value is -2.75. The number of allylic oxidation sites excluding steroid dienone is 1. The van der Waals surface area contributed by atoms with Crippen LogP contribution in [-0.4, -0.2) is 20.1 Å². The average molecular weight is 339 g/mol. The molecule has 0 atom stereocenters. The van der Waals surface area contributed by atoms with Crippen LogP contribution in [0.25, 0.3) is 5.57 Å². The van der Waals surface area contributed by atoms with E-state index in [1.807, 2.05) is 43.3 Å². The third-order valence-electron chi connectivity index (χ3n) is 4.02. The summed E-state index contributed by atoms with van der Waals surface area (Å²) in [5, 5.41) is 2.97. The van der Waals surface area contributed by atoms with E-state index < -0.39 is 0 Å². The largest absolute Gasteiger partial charge is 0.497 e. The maximum absolute atomic E-state index is 12.4. The first-order chi connectivity index (χ1) is 12.0. The van der Waals surface area contributed by atoms with Crippen LogP contribution < -0.4 is 14.8 Å². The molecular weight excluding hydrogens is 314 g/mol. The molecule has 4 nitrogen and oxygen atoms in total. The Kier molecular flexibility index (Phi) is 6.23. The highest BCUT2D eigenvalue weighted by molar-refractivity contribution is 6.04. The van der Waals surface area contributed by atoms with Gasteiger partial charge in [0.15, 0.2) is 0 Å². The van der Waals surface area contributed by atoms with Crippen molar-refractivity contribution >= 4 is 17.2 Å². The molecule has 2 aromatic rings. The standard InChI is InChI=1S/C21H25NO3/c1-14(2)17-8-6-7-9-19(17)22-21(23)12-15(3)18-11-10-16(24-4)13-20(18)25-5/h6-14H,1-5H3,(H,22,23)/b15-12+. The quantitative estimate of drug-likeness (QED) is 0.764. The fourth-order valence-corrected chi connectivity index (χ4v) is 2.68. The van der Waals surface area contributed by atoms with Crippen molar-refractivity contribution in [2.75, 3.05) is 19.5 Å². The van der Waals surface area contributed by atoms with Crippen molar-refractivity contribution in [1.82, 2.24) is 0 Å². The van der Waals surface area contributed by atoms with Crippen LogP contribution in [0.2, 0.25) is 0 Å². The lowest BCUT2D eigenvalue weighted by Crippen LogP contribution is -2.11. The minimum Gasteiger partial charge on any atom is -0.497 e. The summed E-state index contributed by atoms with van der Waals surface area (Å²) in [5.41, 5.74) is 3.63. The third-order valence-corrected chi connectivity index (χ3v) is 4.02. The monoisotopic (exact) mass is 339 g/mol. The summed E-state index contributed by atoms with van der Waals surface area (Å²) in [6, 6.07) is 13.4. The van der Waals surface area contributed by atoms with Gasteiger partial charge in [-0.05, 0) is 42.2 Å². The normalized spacial score (nSPS) is 11.4. The van der Waals surface area contributed by atoms with E-state index in [1.165, 1.54) is 0 Å². The number of anilines is 1. The van der Waals surface area contributed by atoms with Gasteiger partial charge in [-0.15, -0.1) is 0 Å². The molecular formula is C21H25NO3. The maximum atomic E-state index is 12.4. The van der Waals surface area contributed by atoms with Gasteiger partial charge in [-0.1, -0.05) is 32.0 Å². The molecule has 132 valence electrons. The summed E-state index contributed by atoms with van der Waals surface area (Å²) in [6.45, 7) is 6.10. The molecule has 0 aliphatic carbocycles. The summed E-state index contributed by atoms with van der Waals surface area (Å²) < 4.78 is 10.6. The molecule has 25 heavy (non-hydrogen) atoms. The Balaban J connectivity index is 2.24. The van der Waals surface area contributed by atoms with Gasteiger partial charge < -0.3 is 14.8 Å². The number of amides is 1. The molecule has 0 radical (unpaired) electrons. The number of carbonyl (C=O) groups is 1. The number of hydrogen-bond acceptors (Lipinski definition) is 3. The van der Waals surface area contributed by atoms with E-state index >= 15 is 0 Å². The highest BCUT2D eigenvalue weighted by Gasteiger charge is 2.11. The zero-order valence-electron chi connectivity index (χ0n) is 15.4. The SMILES string of the molecule is COc1ccc(/C(C)=C/C(=O)Nc2ccccc2C(C)C)c(OC)c1. The lowest BCUT2D eigenvalue weighted by molar-refractivity contribution is -0.111.